The molecule has 5 heteroatoms. The SMILES string of the molecule is CN1CCC(C(=O)n2cc(/C(C#N)=C/c3cccc4cnccc34)c3ccccc32)CC1. The molecule has 158 valence electrons. The van der Waals surface area contributed by atoms with E-state index in [9.17, 15) is 10.1 Å². The molecule has 0 amide bonds. The number of carbonyl (C=O) groups excluding carboxylic acids is 1. The van der Waals surface area contributed by atoms with Gasteiger partial charge in [-0.1, -0.05) is 36.4 Å². The van der Waals surface area contributed by atoms with Crippen LogP contribution in [0.2, 0.25) is 0 Å². The first-order valence-electron chi connectivity index (χ1n) is 10.9. The van der Waals surface area contributed by atoms with Crippen LogP contribution in [0.3, 0.4) is 0 Å². The summed E-state index contributed by atoms with van der Waals surface area (Å²) < 4.78 is 1.76. The maximum atomic E-state index is 13.4. The summed E-state index contributed by atoms with van der Waals surface area (Å²) in [6.07, 6.45) is 9.08. The summed E-state index contributed by atoms with van der Waals surface area (Å²) in [6.45, 7) is 1.86. The van der Waals surface area contributed by atoms with E-state index in [1.807, 2.05) is 67.0 Å². The molecule has 0 atom stereocenters. The molecule has 0 aliphatic carbocycles. The van der Waals surface area contributed by atoms with Crippen LogP contribution in [-0.2, 0) is 0 Å². The molecule has 0 saturated carbocycles. The van der Waals surface area contributed by atoms with Gasteiger partial charge in [0, 0.05) is 40.8 Å². The number of nitriles is 1. The third-order valence-electron chi connectivity index (χ3n) is 6.44. The monoisotopic (exact) mass is 420 g/mol. The summed E-state index contributed by atoms with van der Waals surface area (Å²) >= 11 is 0. The first-order valence-corrected chi connectivity index (χ1v) is 10.9. The molecule has 32 heavy (non-hydrogen) atoms. The number of likely N-dealkylation sites (tertiary alicyclic amines) is 1. The summed E-state index contributed by atoms with van der Waals surface area (Å²) in [4.78, 5) is 19.9. The van der Waals surface area contributed by atoms with Gasteiger partial charge in [0.2, 0.25) is 5.91 Å². The second kappa shape index (κ2) is 8.41. The Morgan fingerprint density at radius 3 is 2.72 bits per heavy atom. The summed E-state index contributed by atoms with van der Waals surface area (Å²) in [5, 5.41) is 13.1. The molecular formula is C27H24N4O. The average molecular weight is 421 g/mol. The Morgan fingerprint density at radius 2 is 1.91 bits per heavy atom. The number of allylic oxidation sites excluding steroid dienone is 1. The van der Waals surface area contributed by atoms with Crippen LogP contribution < -0.4 is 0 Å². The number of pyridine rings is 1. The van der Waals surface area contributed by atoms with E-state index >= 15 is 0 Å². The van der Waals surface area contributed by atoms with E-state index in [4.69, 9.17) is 0 Å². The lowest BCUT2D eigenvalue weighted by Crippen LogP contribution is -2.35. The van der Waals surface area contributed by atoms with Crippen molar-refractivity contribution in [1.82, 2.24) is 14.5 Å². The van der Waals surface area contributed by atoms with Crippen molar-refractivity contribution in [2.24, 2.45) is 5.92 Å². The van der Waals surface area contributed by atoms with Crippen LogP contribution in [0.1, 0.15) is 28.8 Å². The van der Waals surface area contributed by atoms with Crippen LogP contribution in [0.4, 0.5) is 0 Å². The van der Waals surface area contributed by atoms with Crippen LogP contribution >= 0.6 is 0 Å². The largest absolute Gasteiger partial charge is 0.306 e. The van der Waals surface area contributed by atoms with Gasteiger partial charge in [0.05, 0.1) is 17.2 Å². The van der Waals surface area contributed by atoms with E-state index in [1.54, 1.807) is 10.8 Å². The van der Waals surface area contributed by atoms with Crippen LogP contribution in [0, 0.1) is 17.2 Å². The standard InChI is InChI=1S/C27H24N4O/c1-30-13-10-19(11-14-30)27(32)31-18-25(24-7-2-3-8-26(24)31)22(16-28)15-20-5-4-6-21-17-29-12-9-23(20)21/h2-9,12,15,17-19H,10-11,13-14H2,1H3/b22-15+. The van der Waals surface area contributed by atoms with Crippen LogP contribution in [0.15, 0.2) is 67.1 Å². The van der Waals surface area contributed by atoms with Gasteiger partial charge >= 0.3 is 0 Å². The van der Waals surface area contributed by atoms with Crippen molar-refractivity contribution in [2.75, 3.05) is 20.1 Å². The molecule has 0 unspecified atom stereocenters. The molecular weight excluding hydrogens is 396 g/mol. The Kier molecular flexibility index (Phi) is 5.30. The number of aromatic nitrogens is 2. The minimum absolute atomic E-state index is 0.00920. The molecule has 4 aromatic rings. The second-order valence-electron chi connectivity index (χ2n) is 8.46. The first kappa shape index (κ1) is 20.2. The molecule has 1 fully saturated rings. The number of piperidine rings is 1. The average Bonchev–Trinajstić information content (AvgIpc) is 3.22. The highest BCUT2D eigenvalue weighted by molar-refractivity contribution is 6.06. The lowest BCUT2D eigenvalue weighted by Gasteiger charge is -2.28. The predicted molar refractivity (Wildman–Crippen MR) is 128 cm³/mol. The van der Waals surface area contributed by atoms with Crippen molar-refractivity contribution < 1.29 is 4.79 Å². The fraction of sp³-hybridized carbons (Fsp3) is 0.222. The van der Waals surface area contributed by atoms with Crippen molar-refractivity contribution in [2.45, 2.75) is 12.8 Å². The molecule has 0 N–H and O–H groups in total. The number of fused-ring (bicyclic) bond motifs is 2. The quantitative estimate of drug-likeness (QED) is 0.426. The van der Waals surface area contributed by atoms with Crippen molar-refractivity contribution in [1.29, 1.82) is 5.26 Å². The van der Waals surface area contributed by atoms with E-state index in [2.05, 4.69) is 23.0 Å². The smallest absolute Gasteiger partial charge is 0.234 e. The van der Waals surface area contributed by atoms with Gasteiger partial charge in [0.15, 0.2) is 0 Å². The topological polar surface area (TPSA) is 61.9 Å². The zero-order valence-corrected chi connectivity index (χ0v) is 18.0. The van der Waals surface area contributed by atoms with Gasteiger partial charge in [-0.25, -0.2) is 0 Å². The van der Waals surface area contributed by atoms with E-state index in [0.717, 1.165) is 58.7 Å². The van der Waals surface area contributed by atoms with Gasteiger partial charge in [-0.05, 0) is 62.1 Å². The third kappa shape index (κ3) is 3.59. The predicted octanol–water partition coefficient (Wildman–Crippen LogP) is 5.24. The van der Waals surface area contributed by atoms with Gasteiger partial charge in [-0.2, -0.15) is 5.26 Å². The highest BCUT2D eigenvalue weighted by Crippen LogP contribution is 2.31. The minimum atomic E-state index is 0.00920. The van der Waals surface area contributed by atoms with Gasteiger partial charge in [-0.15, -0.1) is 0 Å². The Balaban J connectivity index is 1.61. The number of nitrogens with zero attached hydrogens (tertiary/aromatic N) is 4. The highest BCUT2D eigenvalue weighted by Gasteiger charge is 2.26. The fourth-order valence-electron chi connectivity index (χ4n) is 4.63. The number of hydrogen-bond donors (Lipinski definition) is 0. The van der Waals surface area contributed by atoms with Gasteiger partial charge in [0.1, 0.15) is 0 Å². The van der Waals surface area contributed by atoms with Crippen molar-refractivity contribution in [3.8, 4) is 6.07 Å². The van der Waals surface area contributed by atoms with Crippen molar-refractivity contribution in [3.05, 3.63) is 78.2 Å². The minimum Gasteiger partial charge on any atom is -0.306 e. The molecule has 1 saturated heterocycles. The van der Waals surface area contributed by atoms with Crippen LogP contribution in [0.5, 0.6) is 0 Å². The third-order valence-corrected chi connectivity index (χ3v) is 6.44. The first-order chi connectivity index (χ1) is 15.7. The van der Waals surface area contributed by atoms with Crippen molar-refractivity contribution in [3.63, 3.8) is 0 Å². The molecule has 0 bridgehead atoms. The lowest BCUT2D eigenvalue weighted by atomic mass is 9.96. The fourth-order valence-corrected chi connectivity index (χ4v) is 4.63. The van der Waals surface area contributed by atoms with E-state index in [-0.39, 0.29) is 11.8 Å². The number of rotatable bonds is 3. The molecule has 5 nitrogen and oxygen atoms in total. The molecule has 2 aromatic carbocycles. The molecule has 3 heterocycles. The zero-order valence-electron chi connectivity index (χ0n) is 18.0. The van der Waals surface area contributed by atoms with Crippen LogP contribution in [0.25, 0.3) is 33.3 Å². The Bertz CT molecular complexity index is 1380. The Labute approximate surface area is 187 Å². The van der Waals surface area contributed by atoms with Gasteiger partial charge < -0.3 is 4.90 Å². The van der Waals surface area contributed by atoms with Crippen molar-refractivity contribution >= 4 is 39.2 Å². The highest BCUT2D eigenvalue weighted by atomic mass is 16.2. The Hall–Kier alpha value is -3.75. The molecule has 1 aliphatic rings. The van der Waals surface area contributed by atoms with E-state index in [0.29, 0.717) is 5.57 Å². The summed E-state index contributed by atoms with van der Waals surface area (Å²) in [7, 11) is 2.09. The lowest BCUT2D eigenvalue weighted by molar-refractivity contribution is 0.0774. The number of para-hydroxylation sites is 1. The van der Waals surface area contributed by atoms with Gasteiger partial charge in [-0.3, -0.25) is 14.3 Å². The van der Waals surface area contributed by atoms with E-state index < -0.39 is 0 Å². The number of hydrogen-bond acceptors (Lipinski definition) is 4. The molecule has 0 radical (unpaired) electrons. The number of benzene rings is 2. The summed E-state index contributed by atoms with van der Waals surface area (Å²) in [5.41, 5.74) is 3.14. The molecule has 1 aliphatic heterocycles. The molecule has 2 aromatic heterocycles. The number of carbonyl (C=O) groups is 1. The van der Waals surface area contributed by atoms with Gasteiger partial charge in [0.25, 0.3) is 0 Å². The second-order valence-corrected chi connectivity index (χ2v) is 8.46. The molecule has 5 rings (SSSR count). The maximum absolute atomic E-state index is 13.4. The van der Waals surface area contributed by atoms with Crippen LogP contribution in [-0.4, -0.2) is 40.5 Å². The Morgan fingerprint density at radius 1 is 1.09 bits per heavy atom. The normalized spacial score (nSPS) is 15.8. The summed E-state index contributed by atoms with van der Waals surface area (Å²) in [5.74, 6) is 0.129. The maximum Gasteiger partial charge on any atom is 0.234 e. The van der Waals surface area contributed by atoms with E-state index in [1.165, 1.54) is 0 Å². The summed E-state index contributed by atoms with van der Waals surface area (Å²) in [6, 6.07) is 18.2. The zero-order chi connectivity index (χ0) is 22.1. The molecule has 0 spiro atoms.